The highest BCUT2D eigenvalue weighted by Gasteiger charge is 2.06. The van der Waals surface area contributed by atoms with Crippen molar-refractivity contribution in [2.45, 2.75) is 26.4 Å². The standard InChI is InChI=1S/C13H17N5O/c1-9(2)16-7-10-5-11(8-15-6-10)18-4-3-12(17-18)13(14)19/h3-6,8-9,16H,7H2,1-2H3,(H2,14,19). The second-order valence-electron chi connectivity index (χ2n) is 4.60. The predicted octanol–water partition coefficient (Wildman–Crippen LogP) is 0.864. The van der Waals surface area contributed by atoms with Crippen molar-refractivity contribution >= 4 is 5.91 Å². The van der Waals surface area contributed by atoms with Gasteiger partial charge in [0.25, 0.3) is 5.91 Å². The quantitative estimate of drug-likeness (QED) is 0.834. The topological polar surface area (TPSA) is 85.8 Å². The maximum absolute atomic E-state index is 11.0. The third kappa shape index (κ3) is 3.38. The number of hydrogen-bond donors (Lipinski definition) is 2. The average Bonchev–Trinajstić information content (AvgIpc) is 2.86. The van der Waals surface area contributed by atoms with Crippen LogP contribution in [0, 0.1) is 0 Å². The van der Waals surface area contributed by atoms with Crippen LogP contribution in [0.15, 0.2) is 30.7 Å². The van der Waals surface area contributed by atoms with Crippen LogP contribution in [0.4, 0.5) is 0 Å². The van der Waals surface area contributed by atoms with Gasteiger partial charge in [-0.05, 0) is 17.7 Å². The van der Waals surface area contributed by atoms with Crippen molar-refractivity contribution in [1.82, 2.24) is 20.1 Å². The molecule has 6 heteroatoms. The van der Waals surface area contributed by atoms with Gasteiger partial charge in [0.15, 0.2) is 0 Å². The second-order valence-corrected chi connectivity index (χ2v) is 4.60. The van der Waals surface area contributed by atoms with Gasteiger partial charge < -0.3 is 11.1 Å². The van der Waals surface area contributed by atoms with Crippen LogP contribution in [0.1, 0.15) is 29.9 Å². The van der Waals surface area contributed by atoms with Gasteiger partial charge in [0.1, 0.15) is 5.69 Å². The van der Waals surface area contributed by atoms with E-state index in [0.717, 1.165) is 17.8 Å². The molecule has 2 aromatic rings. The highest BCUT2D eigenvalue weighted by Crippen LogP contribution is 2.09. The highest BCUT2D eigenvalue weighted by atomic mass is 16.1. The Kier molecular flexibility index (Phi) is 3.91. The molecule has 2 aromatic heterocycles. The summed E-state index contributed by atoms with van der Waals surface area (Å²) < 4.78 is 1.59. The zero-order chi connectivity index (χ0) is 13.8. The van der Waals surface area contributed by atoms with Crippen LogP contribution in [0.25, 0.3) is 5.69 Å². The van der Waals surface area contributed by atoms with E-state index in [1.165, 1.54) is 0 Å². The lowest BCUT2D eigenvalue weighted by Gasteiger charge is -2.09. The number of amides is 1. The molecule has 0 aliphatic heterocycles. The van der Waals surface area contributed by atoms with Gasteiger partial charge in [0, 0.05) is 25.0 Å². The molecule has 2 heterocycles. The molecule has 0 saturated carbocycles. The third-order valence-electron chi connectivity index (χ3n) is 2.60. The SMILES string of the molecule is CC(C)NCc1cncc(-n2ccc(C(N)=O)n2)c1. The average molecular weight is 259 g/mol. The van der Waals surface area contributed by atoms with Gasteiger partial charge in [-0.2, -0.15) is 5.10 Å². The Hall–Kier alpha value is -2.21. The molecule has 0 aromatic carbocycles. The number of aromatic nitrogens is 3. The summed E-state index contributed by atoms with van der Waals surface area (Å²) in [6.45, 7) is 4.91. The number of nitrogens with one attached hydrogen (secondary N) is 1. The van der Waals surface area contributed by atoms with Gasteiger partial charge in [-0.15, -0.1) is 0 Å². The Bertz CT molecular complexity index is 576. The zero-order valence-corrected chi connectivity index (χ0v) is 11.0. The predicted molar refractivity (Wildman–Crippen MR) is 71.9 cm³/mol. The van der Waals surface area contributed by atoms with Gasteiger partial charge in [-0.1, -0.05) is 13.8 Å². The Morgan fingerprint density at radius 3 is 2.89 bits per heavy atom. The molecule has 2 rings (SSSR count). The molecule has 0 aliphatic carbocycles. The first-order valence-electron chi connectivity index (χ1n) is 6.09. The molecule has 100 valence electrons. The molecule has 0 unspecified atom stereocenters. The van der Waals surface area contributed by atoms with E-state index in [1.807, 2.05) is 6.07 Å². The van der Waals surface area contributed by atoms with E-state index in [-0.39, 0.29) is 5.69 Å². The fourth-order valence-corrected chi connectivity index (χ4v) is 1.62. The molecule has 0 bridgehead atoms. The van der Waals surface area contributed by atoms with Crippen LogP contribution in [0.5, 0.6) is 0 Å². The van der Waals surface area contributed by atoms with E-state index >= 15 is 0 Å². The van der Waals surface area contributed by atoms with Crippen molar-refractivity contribution in [3.8, 4) is 5.69 Å². The van der Waals surface area contributed by atoms with Crippen molar-refractivity contribution in [2.24, 2.45) is 5.73 Å². The molecule has 3 N–H and O–H groups in total. The van der Waals surface area contributed by atoms with E-state index < -0.39 is 5.91 Å². The van der Waals surface area contributed by atoms with Crippen LogP contribution in [0.2, 0.25) is 0 Å². The molecule has 0 saturated heterocycles. The minimum atomic E-state index is -0.538. The molecule has 0 atom stereocenters. The smallest absolute Gasteiger partial charge is 0.269 e. The summed E-state index contributed by atoms with van der Waals surface area (Å²) in [6.07, 6.45) is 5.19. The fraction of sp³-hybridized carbons (Fsp3) is 0.308. The maximum atomic E-state index is 11.0. The van der Waals surface area contributed by atoms with Crippen molar-refractivity contribution < 1.29 is 4.79 Å². The highest BCUT2D eigenvalue weighted by molar-refractivity contribution is 5.90. The van der Waals surface area contributed by atoms with Gasteiger partial charge in [0.2, 0.25) is 0 Å². The number of primary amides is 1. The summed E-state index contributed by atoms with van der Waals surface area (Å²) in [5, 5.41) is 7.42. The van der Waals surface area contributed by atoms with Crippen LogP contribution in [0.3, 0.4) is 0 Å². The van der Waals surface area contributed by atoms with Crippen molar-refractivity contribution in [3.63, 3.8) is 0 Å². The van der Waals surface area contributed by atoms with Crippen LogP contribution in [-0.4, -0.2) is 26.7 Å². The Labute approximate surface area is 111 Å². The van der Waals surface area contributed by atoms with Crippen molar-refractivity contribution in [1.29, 1.82) is 0 Å². The van der Waals surface area contributed by atoms with Crippen LogP contribution < -0.4 is 11.1 Å². The Balaban J connectivity index is 2.19. The number of carbonyl (C=O) groups is 1. The van der Waals surface area contributed by atoms with E-state index in [1.54, 1.807) is 29.3 Å². The first-order valence-corrected chi connectivity index (χ1v) is 6.09. The monoisotopic (exact) mass is 259 g/mol. The summed E-state index contributed by atoms with van der Waals surface area (Å²) in [6, 6.07) is 3.97. The molecule has 6 nitrogen and oxygen atoms in total. The number of nitrogens with zero attached hydrogens (tertiary/aromatic N) is 3. The van der Waals surface area contributed by atoms with E-state index in [9.17, 15) is 4.79 Å². The van der Waals surface area contributed by atoms with E-state index in [0.29, 0.717) is 6.04 Å². The zero-order valence-electron chi connectivity index (χ0n) is 11.0. The molecule has 0 radical (unpaired) electrons. The van der Waals surface area contributed by atoms with Gasteiger partial charge in [0.05, 0.1) is 11.9 Å². The fourth-order valence-electron chi connectivity index (χ4n) is 1.62. The largest absolute Gasteiger partial charge is 0.364 e. The summed E-state index contributed by atoms with van der Waals surface area (Å²) in [5.41, 5.74) is 7.28. The minimum Gasteiger partial charge on any atom is -0.364 e. The molecule has 0 fully saturated rings. The van der Waals surface area contributed by atoms with E-state index in [2.05, 4.69) is 29.2 Å². The first kappa shape index (κ1) is 13.2. The van der Waals surface area contributed by atoms with Crippen molar-refractivity contribution in [2.75, 3.05) is 0 Å². The lowest BCUT2D eigenvalue weighted by atomic mass is 10.2. The molecular formula is C13H17N5O. The third-order valence-corrected chi connectivity index (χ3v) is 2.60. The normalized spacial score (nSPS) is 10.9. The molecule has 1 amide bonds. The summed E-state index contributed by atoms with van der Waals surface area (Å²) in [4.78, 5) is 15.2. The Morgan fingerprint density at radius 2 is 2.26 bits per heavy atom. The van der Waals surface area contributed by atoms with Gasteiger partial charge in [-0.3, -0.25) is 9.78 Å². The van der Waals surface area contributed by atoms with Crippen molar-refractivity contribution in [3.05, 3.63) is 42.0 Å². The lowest BCUT2D eigenvalue weighted by Crippen LogP contribution is -2.22. The number of carbonyl (C=O) groups excluding carboxylic acids is 1. The van der Waals surface area contributed by atoms with Crippen LogP contribution in [-0.2, 0) is 6.54 Å². The lowest BCUT2D eigenvalue weighted by molar-refractivity contribution is 0.0995. The number of hydrogen-bond acceptors (Lipinski definition) is 4. The number of nitrogens with two attached hydrogens (primary N) is 1. The second kappa shape index (κ2) is 5.62. The van der Waals surface area contributed by atoms with Crippen LogP contribution >= 0.6 is 0 Å². The van der Waals surface area contributed by atoms with Gasteiger partial charge in [-0.25, -0.2) is 4.68 Å². The molecule has 0 spiro atoms. The van der Waals surface area contributed by atoms with Gasteiger partial charge >= 0.3 is 0 Å². The summed E-state index contributed by atoms with van der Waals surface area (Å²) >= 11 is 0. The van der Waals surface area contributed by atoms with E-state index in [4.69, 9.17) is 5.73 Å². The molecular weight excluding hydrogens is 242 g/mol. The minimum absolute atomic E-state index is 0.241. The summed E-state index contributed by atoms with van der Waals surface area (Å²) in [7, 11) is 0. The molecule has 19 heavy (non-hydrogen) atoms. The Morgan fingerprint density at radius 1 is 1.47 bits per heavy atom. The molecule has 0 aliphatic rings. The number of rotatable bonds is 5. The summed E-state index contributed by atoms with van der Waals surface area (Å²) in [5.74, 6) is -0.538. The maximum Gasteiger partial charge on any atom is 0.269 e. The first-order chi connectivity index (χ1) is 9.06. The number of pyridine rings is 1.